The van der Waals surface area contributed by atoms with E-state index >= 15 is 0 Å². The highest BCUT2D eigenvalue weighted by molar-refractivity contribution is 5.78. The van der Waals surface area contributed by atoms with Crippen LogP contribution in [0.25, 0.3) is 0 Å². The second-order valence-electron chi connectivity index (χ2n) is 6.45. The van der Waals surface area contributed by atoms with Crippen LogP contribution in [0.3, 0.4) is 0 Å². The second kappa shape index (κ2) is 8.55. The Bertz CT molecular complexity index is 543. The fourth-order valence-electron chi connectivity index (χ4n) is 3.47. The molecule has 1 amide bonds. The molecule has 0 aromatic heterocycles. The zero-order valence-corrected chi connectivity index (χ0v) is 13.9. The first-order valence-corrected chi connectivity index (χ1v) is 8.63. The minimum absolute atomic E-state index is 0.0715. The van der Waals surface area contributed by atoms with Gasteiger partial charge in [0.15, 0.2) is 0 Å². The van der Waals surface area contributed by atoms with E-state index in [1.165, 1.54) is 12.1 Å². The molecule has 2 aliphatic rings. The monoisotopic (exact) mass is 336 g/mol. The van der Waals surface area contributed by atoms with Gasteiger partial charge in [0.1, 0.15) is 5.82 Å². The third kappa shape index (κ3) is 4.75. The number of benzene rings is 1. The Balaban J connectivity index is 1.55. The van der Waals surface area contributed by atoms with E-state index in [9.17, 15) is 9.18 Å². The first-order valence-electron chi connectivity index (χ1n) is 8.63. The number of carbonyl (C=O) groups excluding carboxylic acids is 1. The Morgan fingerprint density at radius 3 is 2.83 bits per heavy atom. The Morgan fingerprint density at radius 2 is 2.12 bits per heavy atom. The number of morpholine rings is 1. The van der Waals surface area contributed by atoms with Crippen molar-refractivity contribution >= 4 is 5.91 Å². The zero-order valence-electron chi connectivity index (χ0n) is 13.9. The van der Waals surface area contributed by atoms with Gasteiger partial charge in [0.05, 0.1) is 26.2 Å². The van der Waals surface area contributed by atoms with E-state index < -0.39 is 0 Å². The third-order valence-corrected chi connectivity index (χ3v) is 4.79. The molecule has 5 nitrogen and oxygen atoms in total. The van der Waals surface area contributed by atoms with Crippen molar-refractivity contribution in [3.63, 3.8) is 0 Å². The SMILES string of the molecule is O=C(Cc1cccc(F)c1)NC[C@@H]([C@@H]1CCOC1)N1CCOCC1. The van der Waals surface area contributed by atoms with Gasteiger partial charge in [-0.1, -0.05) is 12.1 Å². The maximum atomic E-state index is 13.2. The molecule has 2 atom stereocenters. The van der Waals surface area contributed by atoms with E-state index in [1.54, 1.807) is 12.1 Å². The van der Waals surface area contributed by atoms with Crippen molar-refractivity contribution < 1.29 is 18.7 Å². The first-order chi connectivity index (χ1) is 11.7. The molecule has 2 aliphatic heterocycles. The van der Waals surface area contributed by atoms with E-state index in [4.69, 9.17) is 9.47 Å². The van der Waals surface area contributed by atoms with Gasteiger partial charge >= 0.3 is 0 Å². The fourth-order valence-corrected chi connectivity index (χ4v) is 3.47. The number of halogens is 1. The molecule has 2 heterocycles. The van der Waals surface area contributed by atoms with Crippen molar-refractivity contribution in [2.24, 2.45) is 5.92 Å². The van der Waals surface area contributed by atoms with Gasteiger partial charge < -0.3 is 14.8 Å². The van der Waals surface area contributed by atoms with Crippen LogP contribution < -0.4 is 5.32 Å². The lowest BCUT2D eigenvalue weighted by atomic mass is 9.96. The summed E-state index contributed by atoms with van der Waals surface area (Å²) in [6.45, 7) is 5.40. The molecule has 2 fully saturated rings. The van der Waals surface area contributed by atoms with Gasteiger partial charge in [0.2, 0.25) is 5.91 Å². The molecule has 0 spiro atoms. The van der Waals surface area contributed by atoms with Crippen LogP contribution in [-0.2, 0) is 20.7 Å². The van der Waals surface area contributed by atoms with Gasteiger partial charge in [-0.3, -0.25) is 9.69 Å². The summed E-state index contributed by atoms with van der Waals surface area (Å²) in [6.07, 6.45) is 1.23. The Morgan fingerprint density at radius 1 is 1.29 bits per heavy atom. The number of amides is 1. The third-order valence-electron chi connectivity index (χ3n) is 4.79. The summed E-state index contributed by atoms with van der Waals surface area (Å²) < 4.78 is 24.2. The highest BCUT2D eigenvalue weighted by Crippen LogP contribution is 2.21. The smallest absolute Gasteiger partial charge is 0.224 e. The summed E-state index contributed by atoms with van der Waals surface area (Å²) in [5.74, 6) is 0.0601. The maximum absolute atomic E-state index is 13.2. The number of rotatable bonds is 6. The molecule has 1 N–H and O–H groups in total. The second-order valence-corrected chi connectivity index (χ2v) is 6.45. The number of nitrogens with one attached hydrogen (secondary N) is 1. The molecular weight excluding hydrogens is 311 g/mol. The van der Waals surface area contributed by atoms with Crippen molar-refractivity contribution in [2.45, 2.75) is 18.9 Å². The van der Waals surface area contributed by atoms with Gasteiger partial charge in [-0.2, -0.15) is 0 Å². The van der Waals surface area contributed by atoms with E-state index in [1.807, 2.05) is 0 Å². The van der Waals surface area contributed by atoms with Gasteiger partial charge in [0, 0.05) is 38.2 Å². The van der Waals surface area contributed by atoms with E-state index in [0.29, 0.717) is 18.0 Å². The lowest BCUT2D eigenvalue weighted by Gasteiger charge is -2.37. The van der Waals surface area contributed by atoms with Gasteiger partial charge in [-0.05, 0) is 24.1 Å². The number of carbonyl (C=O) groups is 1. The summed E-state index contributed by atoms with van der Waals surface area (Å²) in [5.41, 5.74) is 0.694. The lowest BCUT2D eigenvalue weighted by molar-refractivity contribution is -0.120. The maximum Gasteiger partial charge on any atom is 0.224 e. The minimum Gasteiger partial charge on any atom is -0.381 e. The highest BCUT2D eigenvalue weighted by atomic mass is 19.1. The molecule has 1 aromatic rings. The molecule has 1 aromatic carbocycles. The molecule has 0 aliphatic carbocycles. The topological polar surface area (TPSA) is 50.8 Å². The van der Waals surface area contributed by atoms with Crippen molar-refractivity contribution in [2.75, 3.05) is 46.1 Å². The van der Waals surface area contributed by atoms with Gasteiger partial charge in [-0.25, -0.2) is 4.39 Å². The van der Waals surface area contributed by atoms with Crippen LogP contribution >= 0.6 is 0 Å². The predicted octanol–water partition coefficient (Wildman–Crippen LogP) is 1.22. The van der Waals surface area contributed by atoms with Crippen LogP contribution in [-0.4, -0.2) is 62.9 Å². The van der Waals surface area contributed by atoms with Crippen LogP contribution in [0.4, 0.5) is 4.39 Å². The van der Waals surface area contributed by atoms with E-state index in [-0.39, 0.29) is 24.2 Å². The summed E-state index contributed by atoms with van der Waals surface area (Å²) >= 11 is 0. The largest absolute Gasteiger partial charge is 0.381 e. The lowest BCUT2D eigenvalue weighted by Crippen LogP contribution is -2.52. The molecule has 6 heteroatoms. The van der Waals surface area contributed by atoms with E-state index in [0.717, 1.165) is 45.9 Å². The number of nitrogens with zero attached hydrogens (tertiary/aromatic N) is 1. The number of ether oxygens (including phenoxy) is 2. The molecule has 0 saturated carbocycles. The summed E-state index contributed by atoms with van der Waals surface area (Å²) in [6, 6.07) is 6.46. The molecular formula is C18H25FN2O3. The minimum atomic E-state index is -0.311. The zero-order chi connectivity index (χ0) is 16.8. The van der Waals surface area contributed by atoms with Gasteiger partial charge in [-0.15, -0.1) is 0 Å². The normalized spacial score (nSPS) is 23.1. The quantitative estimate of drug-likeness (QED) is 0.849. The van der Waals surface area contributed by atoms with Crippen LogP contribution in [0.1, 0.15) is 12.0 Å². The van der Waals surface area contributed by atoms with Crippen molar-refractivity contribution in [1.29, 1.82) is 0 Å². The van der Waals surface area contributed by atoms with Crippen molar-refractivity contribution in [3.8, 4) is 0 Å². The summed E-state index contributed by atoms with van der Waals surface area (Å²) in [5, 5.41) is 3.03. The molecule has 0 radical (unpaired) electrons. The van der Waals surface area contributed by atoms with Crippen molar-refractivity contribution in [3.05, 3.63) is 35.6 Å². The molecule has 3 rings (SSSR count). The Kier molecular flexibility index (Phi) is 6.18. The molecule has 132 valence electrons. The van der Waals surface area contributed by atoms with Crippen LogP contribution in [0.5, 0.6) is 0 Å². The summed E-state index contributed by atoms with van der Waals surface area (Å²) in [7, 11) is 0. The molecule has 0 unspecified atom stereocenters. The Labute approximate surface area is 142 Å². The fraction of sp³-hybridized carbons (Fsp3) is 0.611. The van der Waals surface area contributed by atoms with Crippen LogP contribution in [0.15, 0.2) is 24.3 Å². The van der Waals surface area contributed by atoms with Crippen LogP contribution in [0, 0.1) is 11.7 Å². The number of hydrogen-bond acceptors (Lipinski definition) is 4. The first kappa shape index (κ1) is 17.3. The highest BCUT2D eigenvalue weighted by Gasteiger charge is 2.31. The average Bonchev–Trinajstić information content (AvgIpc) is 3.10. The standard InChI is InChI=1S/C18H25FN2O3/c19-16-3-1-2-14(10-16)11-18(22)20-12-17(15-4-7-24-13-15)21-5-8-23-9-6-21/h1-3,10,15,17H,4-9,11-13H2,(H,20,22)/t15-,17+/m1/s1. The molecule has 24 heavy (non-hydrogen) atoms. The summed E-state index contributed by atoms with van der Waals surface area (Å²) in [4.78, 5) is 14.6. The average molecular weight is 336 g/mol. The molecule has 2 saturated heterocycles. The van der Waals surface area contributed by atoms with Crippen molar-refractivity contribution in [1.82, 2.24) is 10.2 Å². The number of hydrogen-bond donors (Lipinski definition) is 1. The predicted molar refractivity (Wildman–Crippen MR) is 88.2 cm³/mol. The molecule has 0 bridgehead atoms. The van der Waals surface area contributed by atoms with Gasteiger partial charge in [0.25, 0.3) is 0 Å². The van der Waals surface area contributed by atoms with Crippen LogP contribution in [0.2, 0.25) is 0 Å². The van der Waals surface area contributed by atoms with E-state index in [2.05, 4.69) is 10.2 Å². The Hall–Kier alpha value is -1.50.